The Kier molecular flexibility index (Phi) is 3.41. The SMILES string of the molecule is COc1ccsc1C(N)Cc1ccsc1. The molecule has 2 heterocycles. The van der Waals surface area contributed by atoms with Crippen molar-refractivity contribution in [2.24, 2.45) is 5.73 Å². The zero-order valence-electron chi connectivity index (χ0n) is 8.47. The number of hydrogen-bond acceptors (Lipinski definition) is 4. The van der Waals surface area contributed by atoms with Crippen molar-refractivity contribution in [1.29, 1.82) is 0 Å². The molecule has 0 radical (unpaired) electrons. The molecular formula is C11H13NOS2. The summed E-state index contributed by atoms with van der Waals surface area (Å²) in [5.74, 6) is 0.905. The first-order valence-electron chi connectivity index (χ1n) is 4.69. The molecule has 0 aliphatic rings. The molecule has 0 aliphatic carbocycles. The number of hydrogen-bond donors (Lipinski definition) is 1. The maximum absolute atomic E-state index is 6.14. The van der Waals surface area contributed by atoms with Gasteiger partial charge < -0.3 is 10.5 Å². The zero-order chi connectivity index (χ0) is 10.7. The Labute approximate surface area is 97.3 Å². The molecule has 0 amide bonds. The fourth-order valence-corrected chi connectivity index (χ4v) is 3.05. The molecule has 15 heavy (non-hydrogen) atoms. The molecule has 4 heteroatoms. The van der Waals surface area contributed by atoms with Crippen molar-refractivity contribution < 1.29 is 4.74 Å². The number of methoxy groups -OCH3 is 1. The molecule has 0 saturated heterocycles. The second kappa shape index (κ2) is 4.79. The Balaban J connectivity index is 2.11. The third kappa shape index (κ3) is 2.40. The van der Waals surface area contributed by atoms with E-state index < -0.39 is 0 Å². The summed E-state index contributed by atoms with van der Waals surface area (Å²) >= 11 is 3.36. The Morgan fingerprint density at radius 2 is 2.27 bits per heavy atom. The summed E-state index contributed by atoms with van der Waals surface area (Å²) in [6.45, 7) is 0. The summed E-state index contributed by atoms with van der Waals surface area (Å²) in [7, 11) is 1.68. The van der Waals surface area contributed by atoms with Crippen LogP contribution in [0.3, 0.4) is 0 Å². The van der Waals surface area contributed by atoms with Gasteiger partial charge in [0.1, 0.15) is 5.75 Å². The van der Waals surface area contributed by atoms with Crippen LogP contribution in [0.15, 0.2) is 28.3 Å². The van der Waals surface area contributed by atoms with E-state index in [0.717, 1.165) is 17.0 Å². The quantitative estimate of drug-likeness (QED) is 0.890. The van der Waals surface area contributed by atoms with E-state index in [4.69, 9.17) is 10.5 Å². The molecule has 80 valence electrons. The van der Waals surface area contributed by atoms with E-state index in [1.54, 1.807) is 29.8 Å². The van der Waals surface area contributed by atoms with Crippen LogP contribution >= 0.6 is 22.7 Å². The van der Waals surface area contributed by atoms with Crippen LogP contribution in [0.1, 0.15) is 16.5 Å². The highest BCUT2D eigenvalue weighted by atomic mass is 32.1. The van der Waals surface area contributed by atoms with Crippen molar-refractivity contribution in [2.75, 3.05) is 7.11 Å². The fraction of sp³-hybridized carbons (Fsp3) is 0.273. The van der Waals surface area contributed by atoms with Crippen LogP contribution in [0.5, 0.6) is 5.75 Å². The van der Waals surface area contributed by atoms with E-state index in [0.29, 0.717) is 0 Å². The summed E-state index contributed by atoms with van der Waals surface area (Å²) < 4.78 is 5.26. The van der Waals surface area contributed by atoms with Crippen LogP contribution in [0.25, 0.3) is 0 Å². The van der Waals surface area contributed by atoms with Crippen molar-refractivity contribution in [3.63, 3.8) is 0 Å². The van der Waals surface area contributed by atoms with E-state index in [9.17, 15) is 0 Å². The van der Waals surface area contributed by atoms with Gasteiger partial charge in [-0.2, -0.15) is 11.3 Å². The molecule has 0 spiro atoms. The third-order valence-electron chi connectivity index (χ3n) is 2.25. The summed E-state index contributed by atoms with van der Waals surface area (Å²) in [5, 5.41) is 6.23. The number of nitrogens with two attached hydrogens (primary N) is 1. The Morgan fingerprint density at radius 1 is 1.40 bits per heavy atom. The normalized spacial score (nSPS) is 12.7. The first-order valence-corrected chi connectivity index (χ1v) is 6.51. The van der Waals surface area contributed by atoms with E-state index in [1.165, 1.54) is 5.56 Å². The maximum Gasteiger partial charge on any atom is 0.134 e. The number of ether oxygens (including phenoxy) is 1. The van der Waals surface area contributed by atoms with Gasteiger partial charge in [0.15, 0.2) is 0 Å². The summed E-state index contributed by atoms with van der Waals surface area (Å²) in [6, 6.07) is 4.12. The fourth-order valence-electron chi connectivity index (χ4n) is 1.50. The van der Waals surface area contributed by atoms with Gasteiger partial charge >= 0.3 is 0 Å². The van der Waals surface area contributed by atoms with Crippen LogP contribution in [0, 0.1) is 0 Å². The van der Waals surface area contributed by atoms with Gasteiger partial charge in [0.25, 0.3) is 0 Å². The molecule has 2 nitrogen and oxygen atoms in total. The second-order valence-corrected chi connectivity index (χ2v) is 5.02. The van der Waals surface area contributed by atoms with E-state index in [2.05, 4.69) is 16.8 Å². The predicted molar refractivity (Wildman–Crippen MR) is 65.8 cm³/mol. The molecule has 0 bridgehead atoms. The van der Waals surface area contributed by atoms with Crippen molar-refractivity contribution >= 4 is 22.7 Å². The lowest BCUT2D eigenvalue weighted by atomic mass is 10.1. The van der Waals surface area contributed by atoms with Crippen molar-refractivity contribution in [3.05, 3.63) is 38.7 Å². The second-order valence-electron chi connectivity index (χ2n) is 3.30. The van der Waals surface area contributed by atoms with Crippen molar-refractivity contribution in [3.8, 4) is 5.75 Å². The highest BCUT2D eigenvalue weighted by Crippen LogP contribution is 2.31. The minimum Gasteiger partial charge on any atom is -0.496 e. The Hall–Kier alpha value is -0.840. The Morgan fingerprint density at radius 3 is 2.93 bits per heavy atom. The molecule has 0 saturated carbocycles. The van der Waals surface area contributed by atoms with Gasteiger partial charge in [0, 0.05) is 6.04 Å². The van der Waals surface area contributed by atoms with Gasteiger partial charge in [0.2, 0.25) is 0 Å². The third-order valence-corrected chi connectivity index (χ3v) is 4.01. The average Bonchev–Trinajstić information content (AvgIpc) is 2.86. The molecule has 2 aromatic heterocycles. The van der Waals surface area contributed by atoms with Gasteiger partial charge in [0.05, 0.1) is 12.0 Å². The summed E-state index contributed by atoms with van der Waals surface area (Å²) in [6.07, 6.45) is 0.875. The highest BCUT2D eigenvalue weighted by Gasteiger charge is 2.13. The standard InChI is InChI=1S/C11H13NOS2/c1-13-10-3-5-15-11(10)9(12)6-8-2-4-14-7-8/h2-5,7,9H,6,12H2,1H3. The minimum atomic E-state index is 0.0366. The van der Waals surface area contributed by atoms with E-state index in [-0.39, 0.29) is 6.04 Å². The maximum atomic E-state index is 6.14. The molecular weight excluding hydrogens is 226 g/mol. The lowest BCUT2D eigenvalue weighted by molar-refractivity contribution is 0.409. The van der Waals surface area contributed by atoms with Crippen LogP contribution in [-0.2, 0) is 6.42 Å². The molecule has 0 aliphatic heterocycles. The minimum absolute atomic E-state index is 0.0366. The molecule has 0 fully saturated rings. The first kappa shape index (κ1) is 10.7. The lowest BCUT2D eigenvalue weighted by Crippen LogP contribution is -2.12. The average molecular weight is 239 g/mol. The summed E-state index contributed by atoms with van der Waals surface area (Å²) in [4.78, 5) is 1.13. The predicted octanol–water partition coefficient (Wildman–Crippen LogP) is 3.06. The molecule has 2 aromatic rings. The van der Waals surface area contributed by atoms with Crippen molar-refractivity contribution in [1.82, 2.24) is 0 Å². The zero-order valence-corrected chi connectivity index (χ0v) is 10.1. The van der Waals surface area contributed by atoms with Gasteiger partial charge in [-0.3, -0.25) is 0 Å². The lowest BCUT2D eigenvalue weighted by Gasteiger charge is -2.10. The monoisotopic (exact) mass is 239 g/mol. The van der Waals surface area contributed by atoms with Crippen molar-refractivity contribution in [2.45, 2.75) is 12.5 Å². The Bertz CT molecular complexity index is 408. The van der Waals surface area contributed by atoms with Crippen LogP contribution < -0.4 is 10.5 Å². The van der Waals surface area contributed by atoms with E-state index >= 15 is 0 Å². The number of thiophene rings is 2. The molecule has 1 atom stereocenters. The molecule has 2 rings (SSSR count). The molecule has 1 unspecified atom stereocenters. The van der Waals surface area contributed by atoms with E-state index in [1.807, 2.05) is 11.4 Å². The van der Waals surface area contributed by atoms with Crippen LogP contribution in [-0.4, -0.2) is 7.11 Å². The van der Waals surface area contributed by atoms with Gasteiger partial charge in [-0.25, -0.2) is 0 Å². The topological polar surface area (TPSA) is 35.2 Å². The van der Waals surface area contributed by atoms with Gasteiger partial charge in [-0.1, -0.05) is 0 Å². The molecule has 0 aromatic carbocycles. The van der Waals surface area contributed by atoms with Gasteiger partial charge in [-0.05, 0) is 40.3 Å². The number of rotatable bonds is 4. The van der Waals surface area contributed by atoms with Gasteiger partial charge in [-0.15, -0.1) is 11.3 Å². The first-order chi connectivity index (χ1) is 7.31. The van der Waals surface area contributed by atoms with Crippen LogP contribution in [0.4, 0.5) is 0 Å². The van der Waals surface area contributed by atoms with Crippen LogP contribution in [0.2, 0.25) is 0 Å². The smallest absolute Gasteiger partial charge is 0.134 e. The molecule has 2 N–H and O–H groups in total. The largest absolute Gasteiger partial charge is 0.496 e. The summed E-state index contributed by atoms with van der Waals surface area (Å²) in [5.41, 5.74) is 7.44. The highest BCUT2D eigenvalue weighted by molar-refractivity contribution is 7.10.